The van der Waals surface area contributed by atoms with Crippen molar-refractivity contribution in [1.82, 2.24) is 9.55 Å². The van der Waals surface area contributed by atoms with Crippen LogP contribution in [-0.2, 0) is 10.3 Å². The molecule has 20 heavy (non-hydrogen) atoms. The van der Waals surface area contributed by atoms with Crippen LogP contribution >= 0.6 is 12.2 Å². The number of halogens is 1. The number of benzene rings is 1. The predicted molar refractivity (Wildman–Crippen MR) is 77.3 cm³/mol. The van der Waals surface area contributed by atoms with Crippen LogP contribution in [0, 0.1) is 10.6 Å². The highest BCUT2D eigenvalue weighted by atomic mass is 32.1. The van der Waals surface area contributed by atoms with Crippen molar-refractivity contribution in [2.75, 3.05) is 20.3 Å². The van der Waals surface area contributed by atoms with Crippen molar-refractivity contribution < 1.29 is 13.9 Å². The van der Waals surface area contributed by atoms with Crippen LogP contribution in [-0.4, -0.2) is 29.9 Å². The molecule has 1 N–H and O–H groups in total. The topological polar surface area (TPSA) is 39.2 Å². The lowest BCUT2D eigenvalue weighted by Gasteiger charge is -2.35. The number of H-pyrrole nitrogens is 1. The van der Waals surface area contributed by atoms with Gasteiger partial charge in [-0.25, -0.2) is 4.39 Å². The second-order valence-corrected chi connectivity index (χ2v) is 5.77. The van der Waals surface area contributed by atoms with Gasteiger partial charge in [0.25, 0.3) is 0 Å². The van der Waals surface area contributed by atoms with Crippen LogP contribution in [0.25, 0.3) is 11.0 Å². The zero-order valence-electron chi connectivity index (χ0n) is 11.5. The van der Waals surface area contributed by atoms with Crippen molar-refractivity contribution in [2.24, 2.45) is 0 Å². The van der Waals surface area contributed by atoms with Gasteiger partial charge in [-0.1, -0.05) is 0 Å². The van der Waals surface area contributed by atoms with E-state index in [9.17, 15) is 4.39 Å². The average Bonchev–Trinajstić information content (AvgIpc) is 2.74. The van der Waals surface area contributed by atoms with E-state index in [4.69, 9.17) is 21.7 Å². The molecular weight excluding hydrogens is 279 g/mol. The smallest absolute Gasteiger partial charge is 0.178 e. The molecule has 1 aliphatic rings. The van der Waals surface area contributed by atoms with Crippen molar-refractivity contribution in [3.05, 3.63) is 22.7 Å². The summed E-state index contributed by atoms with van der Waals surface area (Å²) in [4.78, 5) is 3.08. The van der Waals surface area contributed by atoms with E-state index in [1.165, 1.54) is 13.2 Å². The molecule has 4 nitrogen and oxygen atoms in total. The Balaban J connectivity index is 2.24. The fraction of sp³-hybridized carbons (Fsp3) is 0.500. The Kier molecular flexibility index (Phi) is 3.30. The summed E-state index contributed by atoms with van der Waals surface area (Å²) < 4.78 is 27.0. The molecule has 0 aliphatic carbocycles. The number of nitrogens with zero attached hydrogens (tertiary/aromatic N) is 1. The van der Waals surface area contributed by atoms with Crippen molar-refractivity contribution in [2.45, 2.75) is 25.3 Å². The van der Waals surface area contributed by atoms with Gasteiger partial charge in [0.1, 0.15) is 0 Å². The molecule has 1 aromatic carbocycles. The molecule has 1 aliphatic heterocycles. The van der Waals surface area contributed by atoms with Crippen molar-refractivity contribution in [1.29, 1.82) is 0 Å². The number of aromatic amines is 1. The second-order valence-electron chi connectivity index (χ2n) is 5.38. The van der Waals surface area contributed by atoms with Crippen LogP contribution in [0.5, 0.6) is 5.75 Å². The van der Waals surface area contributed by atoms with Gasteiger partial charge in [-0.15, -0.1) is 0 Å². The molecule has 0 spiro atoms. The Hall–Kier alpha value is -1.40. The molecule has 6 heteroatoms. The fourth-order valence-corrected chi connectivity index (χ4v) is 3.26. The lowest BCUT2D eigenvalue weighted by atomic mass is 9.92. The molecule has 0 radical (unpaired) electrons. The first-order valence-electron chi connectivity index (χ1n) is 6.62. The summed E-state index contributed by atoms with van der Waals surface area (Å²) in [7, 11) is 1.46. The molecule has 1 saturated heterocycles. The summed E-state index contributed by atoms with van der Waals surface area (Å²) in [5.41, 5.74) is 1.45. The summed E-state index contributed by atoms with van der Waals surface area (Å²) in [5, 5.41) is 0. The quantitative estimate of drug-likeness (QED) is 0.864. The van der Waals surface area contributed by atoms with E-state index >= 15 is 0 Å². The van der Waals surface area contributed by atoms with Crippen LogP contribution in [0.4, 0.5) is 4.39 Å². The first-order chi connectivity index (χ1) is 9.55. The Bertz CT molecular complexity index is 701. The summed E-state index contributed by atoms with van der Waals surface area (Å²) in [6.07, 6.45) is 1.77. The highest BCUT2D eigenvalue weighted by Crippen LogP contribution is 2.34. The molecular formula is C14H17FN2O2S. The number of ether oxygens (including phenoxy) is 2. The molecule has 0 saturated carbocycles. The number of fused-ring (bicyclic) bond motifs is 1. The number of aromatic nitrogens is 2. The number of methoxy groups -OCH3 is 1. The molecule has 2 aromatic rings. The molecule has 3 rings (SSSR count). The maximum atomic E-state index is 13.8. The van der Waals surface area contributed by atoms with Gasteiger partial charge in [0.15, 0.2) is 16.3 Å². The molecule has 0 atom stereocenters. The van der Waals surface area contributed by atoms with E-state index in [1.54, 1.807) is 6.07 Å². The minimum atomic E-state index is -0.388. The molecule has 1 aromatic heterocycles. The molecule has 108 valence electrons. The predicted octanol–water partition coefficient (Wildman–Crippen LogP) is 3.37. The third-order valence-corrected chi connectivity index (χ3v) is 4.35. The standard InChI is InChI=1S/C14H17FN2O2S/c1-14(3-5-19-6-4-14)17-11-8-12(18-2)9(15)7-10(11)16-13(17)20/h7-8H,3-6H2,1-2H3,(H,16,20). The lowest BCUT2D eigenvalue weighted by Crippen LogP contribution is -2.36. The Labute approximate surface area is 121 Å². The first kappa shape index (κ1) is 13.6. The van der Waals surface area contributed by atoms with E-state index in [0.29, 0.717) is 23.5 Å². The molecule has 1 fully saturated rings. The second kappa shape index (κ2) is 4.86. The van der Waals surface area contributed by atoms with E-state index in [2.05, 4.69) is 16.5 Å². The average molecular weight is 296 g/mol. The molecule has 0 unspecified atom stereocenters. The van der Waals surface area contributed by atoms with Gasteiger partial charge >= 0.3 is 0 Å². The number of hydrogen-bond donors (Lipinski definition) is 1. The van der Waals surface area contributed by atoms with Crippen molar-refractivity contribution in [3.8, 4) is 5.75 Å². The Morgan fingerprint density at radius 2 is 2.10 bits per heavy atom. The van der Waals surface area contributed by atoms with Gasteiger partial charge in [-0.05, 0) is 32.0 Å². The minimum absolute atomic E-state index is 0.115. The van der Waals surface area contributed by atoms with Crippen LogP contribution in [0.3, 0.4) is 0 Å². The fourth-order valence-electron chi connectivity index (χ4n) is 2.84. The SMILES string of the molecule is COc1cc2c(cc1F)[nH]c(=S)n2C1(C)CCOCC1. The van der Waals surface area contributed by atoms with E-state index < -0.39 is 0 Å². The third kappa shape index (κ3) is 2.03. The minimum Gasteiger partial charge on any atom is -0.494 e. The largest absolute Gasteiger partial charge is 0.494 e. The van der Waals surface area contributed by atoms with Gasteiger partial charge in [-0.2, -0.15) is 0 Å². The highest BCUT2D eigenvalue weighted by Gasteiger charge is 2.31. The number of hydrogen-bond acceptors (Lipinski definition) is 3. The maximum absolute atomic E-state index is 13.8. The lowest BCUT2D eigenvalue weighted by molar-refractivity contribution is 0.0306. The van der Waals surface area contributed by atoms with Crippen LogP contribution in [0.15, 0.2) is 12.1 Å². The first-order valence-corrected chi connectivity index (χ1v) is 7.02. The number of nitrogens with one attached hydrogen (secondary N) is 1. The summed E-state index contributed by atoms with van der Waals surface area (Å²) in [6.45, 7) is 3.58. The van der Waals surface area contributed by atoms with E-state index in [-0.39, 0.29) is 17.1 Å². The number of rotatable bonds is 2. The van der Waals surface area contributed by atoms with Crippen molar-refractivity contribution in [3.63, 3.8) is 0 Å². The van der Waals surface area contributed by atoms with Gasteiger partial charge in [0.2, 0.25) is 0 Å². The highest BCUT2D eigenvalue weighted by molar-refractivity contribution is 7.71. The molecule has 0 amide bonds. The Morgan fingerprint density at radius 3 is 2.75 bits per heavy atom. The summed E-state index contributed by atoms with van der Waals surface area (Å²) >= 11 is 5.43. The summed E-state index contributed by atoms with van der Waals surface area (Å²) in [5.74, 6) is -0.156. The normalized spacial score (nSPS) is 18.4. The Morgan fingerprint density at radius 1 is 1.40 bits per heavy atom. The zero-order valence-corrected chi connectivity index (χ0v) is 12.3. The van der Waals surface area contributed by atoms with Crippen LogP contribution in [0.2, 0.25) is 0 Å². The van der Waals surface area contributed by atoms with Crippen LogP contribution < -0.4 is 4.74 Å². The van der Waals surface area contributed by atoms with E-state index in [0.717, 1.165) is 18.4 Å². The maximum Gasteiger partial charge on any atom is 0.178 e. The van der Waals surface area contributed by atoms with Gasteiger partial charge in [-0.3, -0.25) is 0 Å². The zero-order chi connectivity index (χ0) is 14.3. The number of imidazole rings is 1. The summed E-state index contributed by atoms with van der Waals surface area (Å²) in [6, 6.07) is 3.14. The van der Waals surface area contributed by atoms with Crippen LogP contribution in [0.1, 0.15) is 19.8 Å². The molecule has 0 bridgehead atoms. The van der Waals surface area contributed by atoms with Gasteiger partial charge < -0.3 is 19.0 Å². The third-order valence-electron chi connectivity index (χ3n) is 4.07. The van der Waals surface area contributed by atoms with Gasteiger partial charge in [0.05, 0.1) is 18.1 Å². The monoisotopic (exact) mass is 296 g/mol. The van der Waals surface area contributed by atoms with Gasteiger partial charge in [0, 0.05) is 30.9 Å². The van der Waals surface area contributed by atoms with E-state index in [1.807, 2.05) is 0 Å². The van der Waals surface area contributed by atoms with Crippen molar-refractivity contribution >= 4 is 23.3 Å². The molecule has 2 heterocycles.